The molecule has 52 heavy (non-hydrogen) atoms. The van der Waals surface area contributed by atoms with Crippen LogP contribution in [0, 0.1) is 5.92 Å². The molecule has 1 saturated heterocycles. The summed E-state index contributed by atoms with van der Waals surface area (Å²) < 4.78 is 21.4. The Bertz CT molecular complexity index is 2130. The highest BCUT2D eigenvalue weighted by Crippen LogP contribution is 2.60. The first-order valence-electron chi connectivity index (χ1n) is 17.7. The van der Waals surface area contributed by atoms with Gasteiger partial charge in [-0.15, -0.1) is 5.10 Å². The first-order valence-corrected chi connectivity index (χ1v) is 20.8. The summed E-state index contributed by atoms with van der Waals surface area (Å²) in [4.78, 5) is 30.1. The van der Waals surface area contributed by atoms with Crippen LogP contribution in [0.4, 0.5) is 5.69 Å². The summed E-state index contributed by atoms with van der Waals surface area (Å²) in [6, 6.07) is 27.4. The Labute approximate surface area is 304 Å². The lowest BCUT2D eigenvalue weighted by Gasteiger charge is -2.37. The number of methoxy groups -OCH3 is 2. The molecule has 0 radical (unpaired) electrons. The molecule has 5 aromatic rings. The van der Waals surface area contributed by atoms with E-state index in [0.29, 0.717) is 31.6 Å². The normalized spacial score (nSPS) is 21.2. The lowest BCUT2D eigenvalue weighted by Crippen LogP contribution is -2.51. The first kappa shape index (κ1) is 35.4. The quantitative estimate of drug-likeness (QED) is 0.182. The molecular weight excluding hydrogens is 675 g/mol. The number of ether oxygens (including phenoxy) is 3. The van der Waals surface area contributed by atoms with E-state index in [1.54, 1.807) is 34.7 Å². The fourth-order valence-electron chi connectivity index (χ4n) is 8.45. The van der Waals surface area contributed by atoms with E-state index in [1.165, 1.54) is 12.3 Å². The van der Waals surface area contributed by atoms with Crippen LogP contribution in [0.5, 0.6) is 11.5 Å². The van der Waals surface area contributed by atoms with Crippen molar-refractivity contribution in [2.45, 2.75) is 63.2 Å². The third-order valence-electron chi connectivity index (χ3n) is 11.0. The molecule has 2 aliphatic heterocycles. The predicted molar refractivity (Wildman–Crippen MR) is 201 cm³/mol. The van der Waals surface area contributed by atoms with Crippen LogP contribution in [0.1, 0.15) is 30.2 Å². The molecule has 0 aliphatic carbocycles. The number of carbonyl (C=O) groups excluding carboxylic acids is 1. The average molecular weight is 720 g/mol. The highest BCUT2D eigenvalue weighted by Gasteiger charge is 2.66. The molecular formula is C40H45N5O6Si. The minimum absolute atomic E-state index is 0.00994. The van der Waals surface area contributed by atoms with E-state index >= 15 is 4.79 Å². The smallest absolute Gasteiger partial charge is 0.297 e. The number of benzene rings is 3. The molecule has 0 unspecified atom stereocenters. The van der Waals surface area contributed by atoms with Gasteiger partial charge in [-0.05, 0) is 60.0 Å². The molecule has 3 aromatic carbocycles. The molecule has 4 heterocycles. The van der Waals surface area contributed by atoms with Crippen LogP contribution in [-0.4, -0.2) is 65.6 Å². The highest BCUT2D eigenvalue weighted by molar-refractivity contribution is 6.91. The van der Waals surface area contributed by atoms with E-state index in [4.69, 9.17) is 14.2 Å². The average Bonchev–Trinajstić information content (AvgIpc) is 3.81. The summed E-state index contributed by atoms with van der Waals surface area (Å²) in [6.07, 6.45) is 4.42. The number of pyridine rings is 1. The van der Waals surface area contributed by atoms with Crippen LogP contribution in [0.2, 0.25) is 18.6 Å². The van der Waals surface area contributed by atoms with Crippen molar-refractivity contribution in [3.05, 3.63) is 124 Å². The minimum atomic E-state index is -2.32. The number of aromatic nitrogens is 4. The Morgan fingerprint density at radius 2 is 1.75 bits per heavy atom. The van der Waals surface area contributed by atoms with Crippen molar-refractivity contribution in [2.24, 2.45) is 5.92 Å². The number of carbonyl (C=O) groups is 1. The molecule has 1 spiro atoms. The van der Waals surface area contributed by atoms with Crippen LogP contribution in [0.15, 0.2) is 102 Å². The number of anilines is 1. The maximum absolute atomic E-state index is 15.2. The standard InChI is InChI=1S/C40H45N5O6Si/c1-27-37(52(4,5)32-17-15-31(49-2)16-18-32)35(19-22-43-26-29(20-23-46)41-42-43)51-40(27)33-12-6-7-13-34(33)45(39(40)48)25-28-10-8-11-30(24-28)44-21-9-14-36(50-3)38(44)47/h6-18,21,24,26-27,35,37,46H,19-20,22-23,25H2,1-5H3/t27-,35+,37-,40+/m0/s1. The number of aliphatic hydroxyl groups is 1. The Hall–Kier alpha value is -5.04. The van der Waals surface area contributed by atoms with E-state index in [-0.39, 0.29) is 41.4 Å². The lowest BCUT2D eigenvalue weighted by molar-refractivity contribution is -0.146. The molecule has 1 amide bonds. The zero-order valence-corrected chi connectivity index (χ0v) is 31.2. The van der Waals surface area contributed by atoms with Gasteiger partial charge in [-0.25, -0.2) is 0 Å². The summed E-state index contributed by atoms with van der Waals surface area (Å²) in [7, 11) is 0.827. The topological polar surface area (TPSA) is 121 Å². The fourth-order valence-corrected chi connectivity index (χ4v) is 12.5. The van der Waals surface area contributed by atoms with Gasteiger partial charge in [0.05, 0.1) is 46.3 Å². The van der Waals surface area contributed by atoms with Gasteiger partial charge in [-0.3, -0.25) is 18.8 Å². The predicted octanol–water partition coefficient (Wildman–Crippen LogP) is 4.83. The van der Waals surface area contributed by atoms with Crippen molar-refractivity contribution in [1.82, 2.24) is 19.6 Å². The van der Waals surface area contributed by atoms with Crippen LogP contribution in [0.3, 0.4) is 0 Å². The van der Waals surface area contributed by atoms with Gasteiger partial charge < -0.3 is 24.2 Å². The lowest BCUT2D eigenvalue weighted by atomic mass is 9.82. The second kappa shape index (κ2) is 14.2. The van der Waals surface area contributed by atoms with Crippen molar-refractivity contribution >= 4 is 24.9 Å². The summed E-state index contributed by atoms with van der Waals surface area (Å²) in [5.41, 5.74) is 2.64. The van der Waals surface area contributed by atoms with Gasteiger partial charge in [-0.1, -0.05) is 72.9 Å². The van der Waals surface area contributed by atoms with Gasteiger partial charge >= 0.3 is 0 Å². The van der Waals surface area contributed by atoms with Crippen LogP contribution >= 0.6 is 0 Å². The number of hydrogen-bond donors (Lipinski definition) is 1. The molecule has 2 aromatic heterocycles. The van der Waals surface area contributed by atoms with E-state index < -0.39 is 13.7 Å². The van der Waals surface area contributed by atoms with E-state index in [9.17, 15) is 9.90 Å². The Balaban J connectivity index is 1.26. The zero-order valence-electron chi connectivity index (χ0n) is 30.2. The van der Waals surface area contributed by atoms with Crippen molar-refractivity contribution in [3.63, 3.8) is 0 Å². The molecule has 2 aliphatic rings. The Morgan fingerprint density at radius 1 is 0.962 bits per heavy atom. The van der Waals surface area contributed by atoms with Gasteiger partial charge in [0.2, 0.25) is 0 Å². The maximum Gasteiger partial charge on any atom is 0.297 e. The number of fused-ring (bicyclic) bond motifs is 2. The van der Waals surface area contributed by atoms with Crippen molar-refractivity contribution in [1.29, 1.82) is 0 Å². The third kappa shape index (κ3) is 6.04. The summed E-state index contributed by atoms with van der Waals surface area (Å²) in [6.45, 7) is 7.80. The molecule has 12 heteroatoms. The molecule has 270 valence electrons. The molecule has 1 fully saturated rings. The zero-order chi connectivity index (χ0) is 36.6. The van der Waals surface area contributed by atoms with Gasteiger partial charge in [0.25, 0.3) is 11.5 Å². The highest BCUT2D eigenvalue weighted by atomic mass is 28.3. The van der Waals surface area contributed by atoms with E-state index in [0.717, 1.165) is 28.3 Å². The molecule has 0 bridgehead atoms. The van der Waals surface area contributed by atoms with Crippen molar-refractivity contribution in [3.8, 4) is 17.2 Å². The van der Waals surface area contributed by atoms with Gasteiger partial charge in [0.15, 0.2) is 11.4 Å². The first-order chi connectivity index (χ1) is 25.1. The molecule has 0 saturated carbocycles. The maximum atomic E-state index is 15.2. The van der Waals surface area contributed by atoms with Crippen LogP contribution < -0.4 is 25.1 Å². The van der Waals surface area contributed by atoms with Crippen LogP contribution in [-0.2, 0) is 34.6 Å². The Kier molecular flexibility index (Phi) is 9.64. The van der Waals surface area contributed by atoms with Crippen molar-refractivity contribution in [2.75, 3.05) is 25.7 Å². The Morgan fingerprint density at radius 3 is 2.50 bits per heavy atom. The molecule has 1 N–H and O–H groups in total. The number of rotatable bonds is 12. The SMILES string of the molecule is COc1ccc([Si](C)(C)[C@@H]2[C@@H](CCn3cc(CCO)nn3)O[C@]3(C(=O)N(Cc4cccc(-n5cccc(OC)c5=O)c4)c4ccccc43)[C@H]2C)cc1. The second-order valence-corrected chi connectivity index (χ2v) is 18.9. The number of aliphatic hydroxyl groups excluding tert-OH is 1. The number of para-hydroxylation sites is 1. The van der Waals surface area contributed by atoms with E-state index in [2.05, 4.69) is 42.5 Å². The molecule has 7 rings (SSSR count). The number of amides is 1. The van der Waals surface area contributed by atoms with Crippen molar-refractivity contribution < 1.29 is 24.1 Å². The summed E-state index contributed by atoms with van der Waals surface area (Å²) >= 11 is 0. The third-order valence-corrected chi connectivity index (χ3v) is 15.4. The monoisotopic (exact) mass is 719 g/mol. The van der Waals surface area contributed by atoms with Gasteiger partial charge in [-0.2, -0.15) is 0 Å². The fraction of sp³-hybridized carbons (Fsp3) is 0.350. The van der Waals surface area contributed by atoms with Gasteiger partial charge in [0, 0.05) is 49.1 Å². The van der Waals surface area contributed by atoms with Gasteiger partial charge in [0.1, 0.15) is 5.75 Å². The number of aryl methyl sites for hydroxylation is 1. The molecule has 4 atom stereocenters. The molecule has 11 nitrogen and oxygen atoms in total. The largest absolute Gasteiger partial charge is 0.497 e. The van der Waals surface area contributed by atoms with Crippen LogP contribution in [0.25, 0.3) is 5.69 Å². The summed E-state index contributed by atoms with van der Waals surface area (Å²) in [5.74, 6) is 0.828. The summed E-state index contributed by atoms with van der Waals surface area (Å²) in [5, 5.41) is 19.2. The number of hydrogen-bond acceptors (Lipinski definition) is 8. The second-order valence-electron chi connectivity index (χ2n) is 14.2. The minimum Gasteiger partial charge on any atom is -0.497 e. The van der Waals surface area contributed by atoms with E-state index in [1.807, 2.05) is 71.8 Å². The number of nitrogens with zero attached hydrogens (tertiary/aromatic N) is 5.